The molecular formula is C14H11F2NO. The zero-order chi connectivity index (χ0) is 13.0. The van der Waals surface area contributed by atoms with Crippen molar-refractivity contribution in [3.63, 3.8) is 0 Å². The van der Waals surface area contributed by atoms with Crippen molar-refractivity contribution >= 4 is 5.78 Å². The van der Waals surface area contributed by atoms with Crippen molar-refractivity contribution in [1.29, 1.82) is 0 Å². The van der Waals surface area contributed by atoms with E-state index >= 15 is 0 Å². The molecule has 4 heteroatoms. The third-order valence-corrected chi connectivity index (χ3v) is 2.55. The van der Waals surface area contributed by atoms with E-state index in [1.165, 1.54) is 6.07 Å². The van der Waals surface area contributed by atoms with E-state index in [0.29, 0.717) is 0 Å². The molecular weight excluding hydrogens is 236 g/mol. The van der Waals surface area contributed by atoms with Gasteiger partial charge in [-0.1, -0.05) is 6.07 Å². The highest BCUT2D eigenvalue weighted by atomic mass is 19.1. The number of hydrogen-bond acceptors (Lipinski definition) is 2. The summed E-state index contributed by atoms with van der Waals surface area (Å²) in [5.41, 5.74) is 1.05. The second kappa shape index (κ2) is 5.49. The Kier molecular flexibility index (Phi) is 3.77. The first-order valence-electron chi connectivity index (χ1n) is 5.49. The van der Waals surface area contributed by atoms with Gasteiger partial charge in [0.2, 0.25) is 0 Å². The van der Waals surface area contributed by atoms with Crippen molar-refractivity contribution in [1.82, 2.24) is 4.98 Å². The van der Waals surface area contributed by atoms with Crippen molar-refractivity contribution in [2.45, 2.75) is 12.8 Å². The van der Waals surface area contributed by atoms with Crippen LogP contribution in [0.15, 0.2) is 42.7 Å². The number of hydrogen-bond donors (Lipinski definition) is 0. The fourth-order valence-corrected chi connectivity index (χ4v) is 1.67. The highest BCUT2D eigenvalue weighted by molar-refractivity contribution is 5.83. The zero-order valence-corrected chi connectivity index (χ0v) is 9.57. The maximum absolute atomic E-state index is 13.3. The Bertz CT molecular complexity index is 555. The Hall–Kier alpha value is -2.10. The minimum Gasteiger partial charge on any atom is -0.299 e. The summed E-state index contributed by atoms with van der Waals surface area (Å²) >= 11 is 0. The molecule has 2 aromatic rings. The van der Waals surface area contributed by atoms with Gasteiger partial charge in [-0.25, -0.2) is 8.78 Å². The molecule has 0 N–H and O–H groups in total. The number of benzene rings is 1. The van der Waals surface area contributed by atoms with Crippen molar-refractivity contribution in [2.24, 2.45) is 0 Å². The Labute approximate surface area is 103 Å². The first-order valence-corrected chi connectivity index (χ1v) is 5.49. The van der Waals surface area contributed by atoms with E-state index < -0.39 is 11.6 Å². The lowest BCUT2D eigenvalue weighted by Crippen LogP contribution is -2.08. The van der Waals surface area contributed by atoms with E-state index in [0.717, 1.165) is 17.7 Å². The van der Waals surface area contributed by atoms with Gasteiger partial charge in [-0.15, -0.1) is 0 Å². The summed E-state index contributed by atoms with van der Waals surface area (Å²) in [5, 5.41) is 0. The van der Waals surface area contributed by atoms with Crippen LogP contribution in [0.25, 0.3) is 0 Å². The molecule has 1 aromatic carbocycles. The summed E-state index contributed by atoms with van der Waals surface area (Å²) < 4.78 is 26.0. The molecule has 1 aromatic heterocycles. The zero-order valence-electron chi connectivity index (χ0n) is 9.57. The average molecular weight is 247 g/mol. The Morgan fingerprint density at radius 3 is 2.44 bits per heavy atom. The lowest BCUT2D eigenvalue weighted by Gasteiger charge is -2.03. The van der Waals surface area contributed by atoms with Gasteiger partial charge in [0.15, 0.2) is 0 Å². The predicted molar refractivity (Wildman–Crippen MR) is 63.0 cm³/mol. The number of ketones is 1. The topological polar surface area (TPSA) is 30.0 Å². The number of pyridine rings is 1. The van der Waals surface area contributed by atoms with Crippen LogP contribution in [0.3, 0.4) is 0 Å². The van der Waals surface area contributed by atoms with Crippen LogP contribution >= 0.6 is 0 Å². The van der Waals surface area contributed by atoms with E-state index in [4.69, 9.17) is 0 Å². The van der Waals surface area contributed by atoms with Crippen molar-refractivity contribution in [2.75, 3.05) is 0 Å². The van der Waals surface area contributed by atoms with Crippen LogP contribution in [0, 0.1) is 11.6 Å². The molecule has 0 saturated carbocycles. The summed E-state index contributed by atoms with van der Waals surface area (Å²) in [7, 11) is 0. The molecule has 0 unspecified atom stereocenters. The molecule has 0 atom stereocenters. The number of nitrogens with zero attached hydrogens (tertiary/aromatic N) is 1. The quantitative estimate of drug-likeness (QED) is 0.831. The maximum Gasteiger partial charge on any atom is 0.141 e. The Balaban J connectivity index is 2.03. The number of aromatic nitrogens is 1. The molecule has 0 amide bonds. The van der Waals surface area contributed by atoms with Crippen molar-refractivity contribution in [3.05, 3.63) is 65.5 Å². The maximum atomic E-state index is 13.3. The van der Waals surface area contributed by atoms with Gasteiger partial charge in [-0.3, -0.25) is 9.78 Å². The summed E-state index contributed by atoms with van der Waals surface area (Å²) in [6, 6.07) is 6.71. The van der Waals surface area contributed by atoms with E-state index in [9.17, 15) is 13.6 Å². The van der Waals surface area contributed by atoms with E-state index in [1.54, 1.807) is 24.5 Å². The van der Waals surface area contributed by atoms with Crippen LogP contribution < -0.4 is 0 Å². The van der Waals surface area contributed by atoms with Gasteiger partial charge in [0.05, 0.1) is 0 Å². The summed E-state index contributed by atoms with van der Waals surface area (Å²) in [6.07, 6.45) is 3.38. The lowest BCUT2D eigenvalue weighted by molar-refractivity contribution is -0.117. The van der Waals surface area contributed by atoms with Gasteiger partial charge in [0.1, 0.15) is 17.4 Å². The van der Waals surface area contributed by atoms with E-state index in [2.05, 4.69) is 4.98 Å². The first-order chi connectivity index (χ1) is 8.65. The lowest BCUT2D eigenvalue weighted by atomic mass is 10.0. The van der Waals surface area contributed by atoms with Crippen molar-refractivity contribution < 1.29 is 13.6 Å². The average Bonchev–Trinajstić information content (AvgIpc) is 2.34. The Morgan fingerprint density at radius 1 is 1.06 bits per heavy atom. The number of carbonyl (C=O) groups is 1. The first kappa shape index (κ1) is 12.4. The molecule has 0 bridgehead atoms. The van der Waals surface area contributed by atoms with Crippen LogP contribution in [0.2, 0.25) is 0 Å². The largest absolute Gasteiger partial charge is 0.299 e. The number of halogens is 2. The molecule has 0 aliphatic carbocycles. The minimum atomic E-state index is -0.682. The fraction of sp³-hybridized carbons (Fsp3) is 0.143. The third-order valence-electron chi connectivity index (χ3n) is 2.55. The highest BCUT2D eigenvalue weighted by Crippen LogP contribution is 2.11. The van der Waals surface area contributed by atoms with Gasteiger partial charge in [-0.2, -0.15) is 0 Å². The SMILES string of the molecule is O=C(Cc1ccncc1)Cc1ccc(F)cc1F. The number of rotatable bonds is 4. The summed E-state index contributed by atoms with van der Waals surface area (Å²) in [5.74, 6) is -1.44. The molecule has 1 heterocycles. The fourth-order valence-electron chi connectivity index (χ4n) is 1.67. The second-order valence-electron chi connectivity index (χ2n) is 3.98. The van der Waals surface area contributed by atoms with Crippen molar-refractivity contribution in [3.8, 4) is 0 Å². The molecule has 0 aliphatic rings. The molecule has 0 saturated heterocycles. The van der Waals surface area contributed by atoms with Crippen LogP contribution in [-0.2, 0) is 17.6 Å². The number of Topliss-reactive ketones (excluding diaryl/α,β-unsaturated/α-hetero) is 1. The third kappa shape index (κ3) is 3.20. The van der Waals surface area contributed by atoms with Crippen LogP contribution in [0.1, 0.15) is 11.1 Å². The monoisotopic (exact) mass is 247 g/mol. The van der Waals surface area contributed by atoms with Gasteiger partial charge in [0.25, 0.3) is 0 Å². The normalized spacial score (nSPS) is 10.3. The molecule has 0 spiro atoms. The standard InChI is InChI=1S/C14H11F2NO/c15-12-2-1-11(14(16)9-12)8-13(18)7-10-3-5-17-6-4-10/h1-6,9H,7-8H2. The predicted octanol–water partition coefficient (Wildman–Crippen LogP) is 2.71. The van der Waals surface area contributed by atoms with Gasteiger partial charge in [0, 0.05) is 31.3 Å². The summed E-state index contributed by atoms with van der Waals surface area (Å²) in [4.78, 5) is 15.6. The second-order valence-corrected chi connectivity index (χ2v) is 3.98. The molecule has 92 valence electrons. The minimum absolute atomic E-state index is 0.0333. The highest BCUT2D eigenvalue weighted by Gasteiger charge is 2.09. The molecule has 2 nitrogen and oxygen atoms in total. The molecule has 2 rings (SSSR count). The molecule has 0 radical (unpaired) electrons. The van der Waals surface area contributed by atoms with Gasteiger partial charge < -0.3 is 0 Å². The van der Waals surface area contributed by atoms with E-state index in [1.807, 2.05) is 0 Å². The number of carbonyl (C=O) groups excluding carboxylic acids is 1. The Morgan fingerprint density at radius 2 is 1.78 bits per heavy atom. The van der Waals surface area contributed by atoms with Crippen LogP contribution in [0.4, 0.5) is 8.78 Å². The van der Waals surface area contributed by atoms with E-state index in [-0.39, 0.29) is 24.2 Å². The van der Waals surface area contributed by atoms with Crippen LogP contribution in [-0.4, -0.2) is 10.8 Å². The molecule has 0 fully saturated rings. The smallest absolute Gasteiger partial charge is 0.141 e. The summed E-state index contributed by atoms with van der Waals surface area (Å²) in [6.45, 7) is 0. The van der Waals surface area contributed by atoms with Crippen LogP contribution in [0.5, 0.6) is 0 Å². The molecule has 18 heavy (non-hydrogen) atoms. The molecule has 0 aliphatic heterocycles. The van der Waals surface area contributed by atoms with Gasteiger partial charge in [-0.05, 0) is 29.3 Å². The van der Waals surface area contributed by atoms with Gasteiger partial charge >= 0.3 is 0 Å².